The maximum atomic E-state index is 12.2. The molecule has 1 rings (SSSR count). The molecule has 1 aromatic rings. The molecule has 0 aromatic carbocycles. The summed E-state index contributed by atoms with van der Waals surface area (Å²) in [6, 6.07) is 2.67. The fourth-order valence-electron chi connectivity index (χ4n) is 0.768. The van der Waals surface area contributed by atoms with E-state index >= 15 is 0 Å². The van der Waals surface area contributed by atoms with Crippen molar-refractivity contribution in [1.29, 1.82) is 0 Å². The molecule has 0 fully saturated rings. The van der Waals surface area contributed by atoms with E-state index < -0.39 is 6.43 Å². The van der Waals surface area contributed by atoms with Crippen LogP contribution < -0.4 is 0 Å². The van der Waals surface area contributed by atoms with E-state index in [-0.39, 0.29) is 11.4 Å². The normalized spacial score (nSPS) is 10.8. The second kappa shape index (κ2) is 4.32. The van der Waals surface area contributed by atoms with Crippen molar-refractivity contribution in [2.24, 2.45) is 0 Å². The first kappa shape index (κ1) is 10.1. The largest absolute Gasteiger partial charge is 0.264 e. The van der Waals surface area contributed by atoms with Gasteiger partial charge in [-0.15, -0.1) is 11.6 Å². The lowest BCUT2D eigenvalue weighted by molar-refractivity contribution is 0.151. The number of hydrogen-bond donors (Lipinski definition) is 0. The Bertz CT molecular complexity index is 280. The molecule has 0 atom stereocenters. The van der Waals surface area contributed by atoms with Crippen LogP contribution in [0.4, 0.5) is 8.78 Å². The molecule has 1 heterocycles. The number of halogens is 4. The van der Waals surface area contributed by atoms with Crippen LogP contribution in [0.1, 0.15) is 17.7 Å². The Morgan fingerprint density at radius 1 is 1.50 bits per heavy atom. The molecule has 0 radical (unpaired) electrons. The van der Waals surface area contributed by atoms with Crippen molar-refractivity contribution >= 4 is 34.2 Å². The molecule has 0 aliphatic rings. The van der Waals surface area contributed by atoms with E-state index in [2.05, 4.69) is 4.98 Å². The van der Waals surface area contributed by atoms with Crippen LogP contribution in [0.3, 0.4) is 0 Å². The van der Waals surface area contributed by atoms with Crippen LogP contribution in [0.15, 0.2) is 12.1 Å². The zero-order chi connectivity index (χ0) is 9.14. The monoisotopic (exact) mass is 303 g/mol. The van der Waals surface area contributed by atoms with Gasteiger partial charge in [-0.1, -0.05) is 0 Å². The van der Waals surface area contributed by atoms with Crippen LogP contribution in [-0.2, 0) is 5.88 Å². The third-order valence-corrected chi connectivity index (χ3v) is 2.08. The molecule has 0 saturated carbocycles. The van der Waals surface area contributed by atoms with Gasteiger partial charge in [0.2, 0.25) is 0 Å². The number of pyridine rings is 1. The van der Waals surface area contributed by atoms with Crippen molar-refractivity contribution in [2.45, 2.75) is 12.3 Å². The molecule has 0 unspecified atom stereocenters. The highest BCUT2D eigenvalue weighted by Crippen LogP contribution is 2.21. The molecule has 1 nitrogen and oxygen atoms in total. The van der Waals surface area contributed by atoms with Crippen LogP contribution in [0.25, 0.3) is 0 Å². The Morgan fingerprint density at radius 3 is 2.67 bits per heavy atom. The van der Waals surface area contributed by atoms with E-state index in [9.17, 15) is 8.78 Å². The minimum atomic E-state index is -2.46. The van der Waals surface area contributed by atoms with Gasteiger partial charge >= 0.3 is 0 Å². The zero-order valence-electron chi connectivity index (χ0n) is 5.90. The number of nitrogens with zero attached hydrogens (tertiary/aromatic N) is 1. The molecule has 0 spiro atoms. The highest BCUT2D eigenvalue weighted by Gasteiger charge is 2.09. The van der Waals surface area contributed by atoms with Crippen molar-refractivity contribution in [3.05, 3.63) is 27.1 Å². The van der Waals surface area contributed by atoms with Gasteiger partial charge in [0.25, 0.3) is 6.43 Å². The summed E-state index contributed by atoms with van der Waals surface area (Å²) in [6.07, 6.45) is -2.46. The molecule has 12 heavy (non-hydrogen) atoms. The van der Waals surface area contributed by atoms with Crippen molar-refractivity contribution in [2.75, 3.05) is 0 Å². The second-order valence-corrected chi connectivity index (χ2v) is 3.52. The fourth-order valence-corrected chi connectivity index (χ4v) is 1.57. The highest BCUT2D eigenvalue weighted by molar-refractivity contribution is 14.1. The summed E-state index contributed by atoms with van der Waals surface area (Å²) >= 11 is 7.35. The van der Waals surface area contributed by atoms with Crippen LogP contribution >= 0.6 is 34.2 Å². The molecule has 5 heteroatoms. The van der Waals surface area contributed by atoms with Gasteiger partial charge in [0.1, 0.15) is 3.70 Å². The summed E-state index contributed by atoms with van der Waals surface area (Å²) < 4.78 is 24.9. The predicted octanol–water partition coefficient (Wildman–Crippen LogP) is 3.36. The molecule has 0 bridgehead atoms. The topological polar surface area (TPSA) is 12.9 Å². The first-order valence-corrected chi connectivity index (χ1v) is 4.75. The first-order valence-electron chi connectivity index (χ1n) is 3.14. The zero-order valence-corrected chi connectivity index (χ0v) is 8.81. The minimum Gasteiger partial charge on any atom is -0.246 e. The summed E-state index contributed by atoms with van der Waals surface area (Å²) in [5, 5.41) is 0. The number of rotatable bonds is 2. The maximum Gasteiger partial charge on any atom is 0.264 e. The Hall–Kier alpha value is 0.0300. The number of aromatic nitrogens is 1. The van der Waals surface area contributed by atoms with E-state index in [4.69, 9.17) is 11.6 Å². The van der Waals surface area contributed by atoms with Gasteiger partial charge < -0.3 is 0 Å². The predicted molar refractivity (Wildman–Crippen MR) is 51.5 cm³/mol. The molecule has 0 aliphatic heterocycles. The maximum absolute atomic E-state index is 12.2. The molecule has 0 amide bonds. The van der Waals surface area contributed by atoms with Crippen LogP contribution in [0, 0.1) is 3.70 Å². The van der Waals surface area contributed by atoms with E-state index in [0.717, 1.165) is 0 Å². The molecule has 0 aliphatic carbocycles. The number of hydrogen-bond acceptors (Lipinski definition) is 1. The standard InChI is InChI=1S/C7H5ClF2IN/c8-3-5-1-4(7(9)10)2-6(11)12-5/h1-2,7H,3H2. The molecular weight excluding hydrogens is 298 g/mol. The SMILES string of the molecule is FC(F)c1cc(I)nc(CCl)c1. The van der Waals surface area contributed by atoms with Crippen molar-refractivity contribution in [3.63, 3.8) is 0 Å². The van der Waals surface area contributed by atoms with E-state index in [0.29, 0.717) is 9.39 Å². The lowest BCUT2D eigenvalue weighted by Gasteiger charge is -2.02. The fraction of sp³-hybridized carbons (Fsp3) is 0.286. The average molecular weight is 303 g/mol. The van der Waals surface area contributed by atoms with Gasteiger partial charge in [0.05, 0.1) is 11.6 Å². The smallest absolute Gasteiger partial charge is 0.246 e. The molecular formula is C7H5ClF2IN. The third-order valence-electron chi connectivity index (χ3n) is 1.26. The quantitative estimate of drug-likeness (QED) is 0.464. The van der Waals surface area contributed by atoms with Gasteiger partial charge in [-0.3, -0.25) is 0 Å². The van der Waals surface area contributed by atoms with Gasteiger partial charge in [0, 0.05) is 5.56 Å². The summed E-state index contributed by atoms with van der Waals surface area (Å²) in [5.41, 5.74) is 0.462. The first-order chi connectivity index (χ1) is 5.63. The van der Waals surface area contributed by atoms with Crippen molar-refractivity contribution in [1.82, 2.24) is 4.98 Å². The average Bonchev–Trinajstić information content (AvgIpc) is 2.03. The highest BCUT2D eigenvalue weighted by atomic mass is 127. The van der Waals surface area contributed by atoms with E-state index in [1.165, 1.54) is 12.1 Å². The van der Waals surface area contributed by atoms with Crippen LogP contribution in [-0.4, -0.2) is 4.98 Å². The summed E-state index contributed by atoms with van der Waals surface area (Å²) in [4.78, 5) is 3.96. The Balaban J connectivity index is 3.06. The van der Waals surface area contributed by atoms with Gasteiger partial charge in [-0.25, -0.2) is 13.8 Å². The van der Waals surface area contributed by atoms with Crippen molar-refractivity contribution < 1.29 is 8.78 Å². The molecule has 66 valence electrons. The van der Waals surface area contributed by atoms with Crippen LogP contribution in [0.2, 0.25) is 0 Å². The van der Waals surface area contributed by atoms with E-state index in [1.54, 1.807) is 0 Å². The Kier molecular flexibility index (Phi) is 3.64. The van der Waals surface area contributed by atoms with Gasteiger partial charge in [-0.05, 0) is 34.7 Å². The number of alkyl halides is 3. The Labute approximate surface area is 87.3 Å². The summed E-state index contributed by atoms with van der Waals surface area (Å²) in [6.45, 7) is 0. The van der Waals surface area contributed by atoms with Gasteiger partial charge in [0.15, 0.2) is 0 Å². The van der Waals surface area contributed by atoms with Crippen LogP contribution in [0.5, 0.6) is 0 Å². The lowest BCUT2D eigenvalue weighted by atomic mass is 10.2. The van der Waals surface area contributed by atoms with Gasteiger partial charge in [-0.2, -0.15) is 0 Å². The molecule has 0 N–H and O–H groups in total. The summed E-state index contributed by atoms with van der Waals surface area (Å²) in [7, 11) is 0. The van der Waals surface area contributed by atoms with Crippen molar-refractivity contribution in [3.8, 4) is 0 Å². The van der Waals surface area contributed by atoms with E-state index in [1.807, 2.05) is 22.6 Å². The minimum absolute atomic E-state index is 0.0231. The summed E-state index contributed by atoms with van der Waals surface area (Å²) in [5.74, 6) is 0.163. The second-order valence-electron chi connectivity index (χ2n) is 2.15. The lowest BCUT2D eigenvalue weighted by Crippen LogP contribution is -1.93. The Morgan fingerprint density at radius 2 is 2.17 bits per heavy atom. The molecule has 1 aromatic heterocycles. The third kappa shape index (κ3) is 2.52. The molecule has 0 saturated heterocycles.